The van der Waals surface area contributed by atoms with Gasteiger partial charge < -0.3 is 24.9 Å². The summed E-state index contributed by atoms with van der Waals surface area (Å²) in [4.78, 5) is 10.7. The Hall–Kier alpha value is -1.11. The van der Waals surface area contributed by atoms with Crippen LogP contribution in [0.15, 0.2) is 12.3 Å². The van der Waals surface area contributed by atoms with E-state index in [1.165, 1.54) is 19.3 Å². The van der Waals surface area contributed by atoms with Gasteiger partial charge in [0.1, 0.15) is 13.1 Å². The highest BCUT2D eigenvalue weighted by Crippen LogP contribution is 2.09. The summed E-state index contributed by atoms with van der Waals surface area (Å²) in [6, 6.07) is 0. The van der Waals surface area contributed by atoms with E-state index in [0.29, 0.717) is 13.1 Å². The van der Waals surface area contributed by atoms with E-state index in [4.69, 9.17) is 4.74 Å². The summed E-state index contributed by atoms with van der Waals surface area (Å²) in [7, 11) is 0. The fraction of sp³-hybridized carbons (Fsp3) is 0.812. The molecule has 0 rings (SSSR count). The number of aliphatic carboxylic acids is 1. The molecule has 6 heteroatoms. The number of carbonyl (C=O) groups excluding carboxylic acids is 1. The summed E-state index contributed by atoms with van der Waals surface area (Å²) < 4.78 is 5.71. The first-order valence-electron chi connectivity index (χ1n) is 8.13. The molecule has 0 saturated carbocycles. The van der Waals surface area contributed by atoms with Gasteiger partial charge in [-0.25, -0.2) is 0 Å². The second-order valence-electron chi connectivity index (χ2n) is 5.60. The molecule has 0 aliphatic rings. The third-order valence-corrected chi connectivity index (χ3v) is 3.70. The van der Waals surface area contributed by atoms with E-state index >= 15 is 0 Å². The number of hydrogen-bond acceptors (Lipinski definition) is 5. The fourth-order valence-electron chi connectivity index (χ4n) is 2.31. The predicted octanol–water partition coefficient (Wildman–Crippen LogP) is 0.386. The zero-order chi connectivity index (χ0) is 16.7. The van der Waals surface area contributed by atoms with Crippen molar-refractivity contribution in [3.8, 4) is 0 Å². The molecule has 0 fully saturated rings. The van der Waals surface area contributed by atoms with E-state index in [1.807, 2.05) is 6.08 Å². The van der Waals surface area contributed by atoms with E-state index in [-0.39, 0.29) is 37.4 Å². The number of carbonyl (C=O) groups is 1. The first kappa shape index (κ1) is 20.9. The van der Waals surface area contributed by atoms with Crippen LogP contribution >= 0.6 is 0 Å². The topological polar surface area (TPSA) is 89.8 Å². The molecule has 0 radical (unpaired) electrons. The van der Waals surface area contributed by atoms with Gasteiger partial charge in [0.15, 0.2) is 0 Å². The van der Waals surface area contributed by atoms with Crippen LogP contribution in [-0.2, 0) is 9.53 Å². The molecule has 0 bridgehead atoms. The molecule has 0 amide bonds. The van der Waals surface area contributed by atoms with Crippen LogP contribution in [0, 0.1) is 0 Å². The Bertz CT molecular complexity index is 301. The predicted molar refractivity (Wildman–Crippen MR) is 82.5 cm³/mol. The number of ether oxygens (including phenoxy) is 1. The molecule has 0 heterocycles. The second kappa shape index (κ2) is 13.5. The molecule has 2 N–H and O–H groups in total. The van der Waals surface area contributed by atoms with Crippen molar-refractivity contribution in [2.24, 2.45) is 0 Å². The SMILES string of the molecule is CCCCCC/C=C/OC[N+](CCO)(CCO)CCC(=O)[O-]. The van der Waals surface area contributed by atoms with Crippen molar-refractivity contribution in [3.63, 3.8) is 0 Å². The maximum absolute atomic E-state index is 10.7. The average molecular weight is 317 g/mol. The van der Waals surface area contributed by atoms with E-state index in [9.17, 15) is 20.1 Å². The molecule has 22 heavy (non-hydrogen) atoms. The molecule has 0 unspecified atom stereocenters. The monoisotopic (exact) mass is 317 g/mol. The Morgan fingerprint density at radius 3 is 2.36 bits per heavy atom. The molecule has 0 saturated heterocycles. The normalized spacial score (nSPS) is 12.0. The Kier molecular flexibility index (Phi) is 12.9. The highest BCUT2D eigenvalue weighted by Gasteiger charge is 2.26. The molecule has 0 atom stereocenters. The Balaban J connectivity index is 4.25. The number of carboxylic acids is 1. The third kappa shape index (κ3) is 10.6. The van der Waals surface area contributed by atoms with Crippen molar-refractivity contribution in [2.45, 2.75) is 45.4 Å². The average Bonchev–Trinajstić information content (AvgIpc) is 2.48. The summed E-state index contributed by atoms with van der Waals surface area (Å²) in [5.74, 6) is -1.13. The molecule has 6 nitrogen and oxygen atoms in total. The van der Waals surface area contributed by atoms with E-state index in [0.717, 1.165) is 12.8 Å². The number of hydrogen-bond donors (Lipinski definition) is 2. The minimum Gasteiger partial charge on any atom is -0.550 e. The van der Waals surface area contributed by atoms with Crippen LogP contribution in [0.4, 0.5) is 0 Å². The Morgan fingerprint density at radius 1 is 1.14 bits per heavy atom. The van der Waals surface area contributed by atoms with Crippen molar-refractivity contribution in [2.75, 3.05) is 39.6 Å². The van der Waals surface area contributed by atoms with E-state index in [2.05, 4.69) is 6.92 Å². The van der Waals surface area contributed by atoms with Crippen LogP contribution in [0.1, 0.15) is 45.4 Å². The molecule has 0 aliphatic heterocycles. The number of quaternary nitrogens is 1. The zero-order valence-electron chi connectivity index (χ0n) is 13.7. The third-order valence-electron chi connectivity index (χ3n) is 3.70. The van der Waals surface area contributed by atoms with Crippen LogP contribution in [0.3, 0.4) is 0 Å². The van der Waals surface area contributed by atoms with E-state index in [1.54, 1.807) is 6.26 Å². The molecule has 0 aromatic heterocycles. The van der Waals surface area contributed by atoms with Gasteiger partial charge in [0.25, 0.3) is 0 Å². The van der Waals surface area contributed by atoms with Gasteiger partial charge in [-0.2, -0.15) is 0 Å². The summed E-state index contributed by atoms with van der Waals surface area (Å²) >= 11 is 0. The summed E-state index contributed by atoms with van der Waals surface area (Å²) in [5.41, 5.74) is 0. The molecule has 0 aromatic carbocycles. The highest BCUT2D eigenvalue weighted by atomic mass is 16.5. The maximum Gasteiger partial charge on any atom is 0.223 e. The van der Waals surface area contributed by atoms with Gasteiger partial charge in [-0.15, -0.1) is 0 Å². The lowest BCUT2D eigenvalue weighted by molar-refractivity contribution is -0.944. The lowest BCUT2D eigenvalue weighted by Gasteiger charge is -2.36. The molecular weight excluding hydrogens is 286 g/mol. The molecule has 0 aromatic rings. The van der Waals surface area contributed by atoms with Crippen molar-refractivity contribution in [1.82, 2.24) is 0 Å². The number of carboxylic acid groups (broad SMARTS) is 1. The minimum absolute atomic E-state index is 0.0862. The van der Waals surface area contributed by atoms with Gasteiger partial charge in [-0.1, -0.05) is 26.2 Å². The number of nitrogens with zero attached hydrogens (tertiary/aromatic N) is 1. The van der Waals surface area contributed by atoms with Crippen molar-refractivity contribution >= 4 is 5.97 Å². The zero-order valence-corrected chi connectivity index (χ0v) is 13.7. The first-order valence-corrected chi connectivity index (χ1v) is 8.13. The Morgan fingerprint density at radius 2 is 1.82 bits per heavy atom. The number of unbranched alkanes of at least 4 members (excludes halogenated alkanes) is 4. The lowest BCUT2D eigenvalue weighted by Crippen LogP contribution is -2.54. The molecular formula is C16H31NO5. The fourth-order valence-corrected chi connectivity index (χ4v) is 2.31. The molecule has 130 valence electrons. The lowest BCUT2D eigenvalue weighted by atomic mass is 10.1. The summed E-state index contributed by atoms with van der Waals surface area (Å²) in [6.45, 7) is 3.20. The Labute approximate surface area is 133 Å². The number of rotatable bonds is 15. The standard InChI is InChI=1S/C16H31NO5/c1-2-3-4-5-6-7-14-22-15-17(10-12-18,11-13-19)9-8-16(20)21/h7,14,18-19H,2-6,8-13,15H2,1H3/b14-7+. The van der Waals surface area contributed by atoms with E-state index < -0.39 is 5.97 Å². The van der Waals surface area contributed by atoms with Gasteiger partial charge in [-0.3, -0.25) is 4.48 Å². The van der Waals surface area contributed by atoms with Crippen LogP contribution in [0.25, 0.3) is 0 Å². The van der Waals surface area contributed by atoms with Gasteiger partial charge in [0.2, 0.25) is 6.73 Å². The summed E-state index contributed by atoms with van der Waals surface area (Å²) in [6.07, 6.45) is 9.22. The molecule has 0 aliphatic carbocycles. The smallest absolute Gasteiger partial charge is 0.223 e. The summed E-state index contributed by atoms with van der Waals surface area (Å²) in [5, 5.41) is 29.0. The van der Waals surface area contributed by atoms with Crippen LogP contribution in [-0.4, -0.2) is 60.2 Å². The van der Waals surface area contributed by atoms with Crippen molar-refractivity contribution in [1.29, 1.82) is 0 Å². The van der Waals surface area contributed by atoms with Gasteiger partial charge >= 0.3 is 0 Å². The van der Waals surface area contributed by atoms with Gasteiger partial charge in [0.05, 0.1) is 26.0 Å². The maximum atomic E-state index is 10.7. The second-order valence-corrected chi connectivity index (χ2v) is 5.60. The van der Waals surface area contributed by atoms with Crippen LogP contribution in [0.5, 0.6) is 0 Å². The highest BCUT2D eigenvalue weighted by molar-refractivity contribution is 5.64. The van der Waals surface area contributed by atoms with Crippen molar-refractivity contribution < 1.29 is 29.3 Å². The van der Waals surface area contributed by atoms with Crippen molar-refractivity contribution in [3.05, 3.63) is 12.3 Å². The van der Waals surface area contributed by atoms with Gasteiger partial charge in [-0.05, 0) is 18.9 Å². The number of aliphatic hydroxyl groups excluding tert-OH is 2. The first-order chi connectivity index (χ1) is 10.6. The number of aliphatic hydroxyl groups is 2. The van der Waals surface area contributed by atoms with Crippen LogP contribution < -0.4 is 5.11 Å². The van der Waals surface area contributed by atoms with Crippen LogP contribution in [0.2, 0.25) is 0 Å². The largest absolute Gasteiger partial charge is 0.550 e. The molecule has 0 spiro atoms. The quantitative estimate of drug-likeness (QED) is 0.197. The number of allylic oxidation sites excluding steroid dienone is 1. The minimum atomic E-state index is -1.13. The van der Waals surface area contributed by atoms with Gasteiger partial charge in [0, 0.05) is 12.4 Å².